The largest absolute Gasteiger partial charge is 0.465 e. The Hall–Kier alpha value is -2.19. The number of carbonyl (C=O) groups excluding carboxylic acids is 2. The molecule has 20 heavy (non-hydrogen) atoms. The average molecular weight is 298 g/mol. The number of hydrogen-bond donors (Lipinski definition) is 0. The summed E-state index contributed by atoms with van der Waals surface area (Å²) in [4.78, 5) is 22.1. The Morgan fingerprint density at radius 2 is 1.60 bits per heavy atom. The minimum atomic E-state index is -6.09. The summed E-state index contributed by atoms with van der Waals surface area (Å²) in [5.74, 6) is -10.3. The van der Waals surface area contributed by atoms with Crippen molar-refractivity contribution in [3.05, 3.63) is 29.8 Å². The molecule has 9 heteroatoms. The van der Waals surface area contributed by atoms with Crippen LogP contribution in [0.3, 0.4) is 0 Å². The van der Waals surface area contributed by atoms with Crippen LogP contribution in [0.2, 0.25) is 0 Å². The Labute approximate surface area is 109 Å². The number of esters is 2. The molecule has 1 aromatic rings. The van der Waals surface area contributed by atoms with Crippen LogP contribution in [0.5, 0.6) is 5.75 Å². The molecule has 0 fully saturated rings. The number of halogens is 5. The van der Waals surface area contributed by atoms with Gasteiger partial charge >= 0.3 is 24.0 Å². The molecule has 0 aromatic heterocycles. The van der Waals surface area contributed by atoms with Crippen molar-refractivity contribution in [2.75, 3.05) is 7.11 Å². The molecule has 0 spiro atoms. The third-order valence-electron chi connectivity index (χ3n) is 2.11. The maximum Gasteiger partial charge on any atom is 0.465 e. The zero-order chi connectivity index (χ0) is 15.6. The van der Waals surface area contributed by atoms with E-state index in [-0.39, 0.29) is 0 Å². The minimum absolute atomic E-state index is 0.457. The summed E-state index contributed by atoms with van der Waals surface area (Å²) < 4.78 is 69.5. The lowest BCUT2D eigenvalue weighted by atomic mass is 10.2. The number of carbonyl (C=O) groups is 2. The minimum Gasteiger partial charge on any atom is -0.465 e. The molecule has 0 saturated carbocycles. The first-order valence-electron chi connectivity index (χ1n) is 4.95. The maximum atomic E-state index is 12.7. The molecule has 0 aliphatic heterocycles. The van der Waals surface area contributed by atoms with E-state index in [1.807, 2.05) is 0 Å². The Kier molecular flexibility index (Phi) is 4.31. The van der Waals surface area contributed by atoms with Gasteiger partial charge in [-0.15, -0.1) is 0 Å². The third-order valence-corrected chi connectivity index (χ3v) is 2.11. The van der Waals surface area contributed by atoms with Gasteiger partial charge in [-0.1, -0.05) is 12.1 Å². The molecule has 0 saturated heterocycles. The highest BCUT2D eigenvalue weighted by Crippen LogP contribution is 2.37. The number of hydrogen-bond acceptors (Lipinski definition) is 4. The fourth-order valence-corrected chi connectivity index (χ4v) is 1.11. The van der Waals surface area contributed by atoms with E-state index in [1.54, 1.807) is 0 Å². The van der Waals surface area contributed by atoms with Crippen LogP contribution in [0.25, 0.3) is 0 Å². The van der Waals surface area contributed by atoms with Crippen LogP contribution in [0.15, 0.2) is 24.3 Å². The van der Waals surface area contributed by atoms with Crippen LogP contribution in [-0.4, -0.2) is 31.1 Å². The molecule has 0 heterocycles. The molecule has 1 rings (SSSR count). The Morgan fingerprint density at radius 1 is 1.05 bits per heavy atom. The molecular formula is C11H7F5O4. The predicted molar refractivity (Wildman–Crippen MR) is 54.4 cm³/mol. The fraction of sp³-hybridized carbons (Fsp3) is 0.273. The standard InChI is InChI=1S/C11H7F5O4/c1-19-8(17)6-4-2-3-5-7(6)20-9(18)10(12,13)11(14,15)16/h2-5H,1H3. The third kappa shape index (κ3) is 3.03. The Bertz CT molecular complexity index is 524. The molecule has 110 valence electrons. The van der Waals surface area contributed by atoms with Crippen molar-refractivity contribution in [1.82, 2.24) is 0 Å². The molecule has 0 amide bonds. The summed E-state index contributed by atoms with van der Waals surface area (Å²) in [6, 6.07) is 4.39. The van der Waals surface area contributed by atoms with Crippen LogP contribution in [0, 0.1) is 0 Å². The topological polar surface area (TPSA) is 52.6 Å². The van der Waals surface area contributed by atoms with Crippen LogP contribution < -0.4 is 4.74 Å². The second-order valence-corrected chi connectivity index (χ2v) is 3.45. The van der Waals surface area contributed by atoms with Crippen molar-refractivity contribution in [1.29, 1.82) is 0 Å². The van der Waals surface area contributed by atoms with E-state index in [2.05, 4.69) is 9.47 Å². The van der Waals surface area contributed by atoms with Crippen LogP contribution in [-0.2, 0) is 9.53 Å². The SMILES string of the molecule is COC(=O)c1ccccc1OC(=O)C(F)(F)C(F)(F)F. The quantitative estimate of drug-likeness (QED) is 0.489. The van der Waals surface area contributed by atoms with Gasteiger partial charge in [0, 0.05) is 0 Å². The lowest BCUT2D eigenvalue weighted by Crippen LogP contribution is -2.46. The van der Waals surface area contributed by atoms with Gasteiger partial charge in [0.05, 0.1) is 7.11 Å². The summed E-state index contributed by atoms with van der Waals surface area (Å²) in [6.07, 6.45) is -6.09. The van der Waals surface area contributed by atoms with Crippen LogP contribution in [0.4, 0.5) is 22.0 Å². The predicted octanol–water partition coefficient (Wildman–Crippen LogP) is 2.58. The van der Waals surface area contributed by atoms with E-state index in [9.17, 15) is 31.5 Å². The van der Waals surface area contributed by atoms with E-state index >= 15 is 0 Å². The van der Waals surface area contributed by atoms with Crippen molar-refractivity contribution in [2.45, 2.75) is 12.1 Å². The Balaban J connectivity index is 3.06. The highest BCUT2D eigenvalue weighted by Gasteiger charge is 2.65. The normalized spacial score (nSPS) is 11.9. The summed E-state index contributed by atoms with van der Waals surface area (Å²) in [5, 5.41) is 0. The average Bonchev–Trinajstić information content (AvgIpc) is 2.37. The molecule has 0 radical (unpaired) electrons. The van der Waals surface area contributed by atoms with Crippen molar-refractivity contribution in [3.8, 4) is 5.75 Å². The first kappa shape index (κ1) is 15.9. The number of para-hydroxylation sites is 1. The molecule has 0 unspecified atom stereocenters. The van der Waals surface area contributed by atoms with Gasteiger partial charge in [0.1, 0.15) is 11.3 Å². The van der Waals surface area contributed by atoms with Gasteiger partial charge in [-0.25, -0.2) is 9.59 Å². The summed E-state index contributed by atoms with van der Waals surface area (Å²) in [5.41, 5.74) is -0.457. The van der Waals surface area contributed by atoms with Gasteiger partial charge in [0.25, 0.3) is 0 Å². The van der Waals surface area contributed by atoms with E-state index in [1.165, 1.54) is 12.1 Å². The van der Waals surface area contributed by atoms with Crippen molar-refractivity contribution in [3.63, 3.8) is 0 Å². The second kappa shape index (κ2) is 5.43. The molecular weight excluding hydrogens is 291 g/mol. The maximum absolute atomic E-state index is 12.7. The lowest BCUT2D eigenvalue weighted by Gasteiger charge is -2.18. The molecule has 4 nitrogen and oxygen atoms in total. The summed E-state index contributed by atoms with van der Waals surface area (Å²) in [7, 11) is 0.964. The fourth-order valence-electron chi connectivity index (χ4n) is 1.11. The van der Waals surface area contributed by atoms with E-state index in [4.69, 9.17) is 0 Å². The first-order valence-corrected chi connectivity index (χ1v) is 4.95. The van der Waals surface area contributed by atoms with E-state index < -0.39 is 35.4 Å². The van der Waals surface area contributed by atoms with Crippen molar-refractivity contribution < 1.29 is 41.0 Å². The van der Waals surface area contributed by atoms with Crippen molar-refractivity contribution in [2.24, 2.45) is 0 Å². The van der Waals surface area contributed by atoms with E-state index in [0.29, 0.717) is 0 Å². The number of methoxy groups -OCH3 is 1. The van der Waals surface area contributed by atoms with Crippen molar-refractivity contribution >= 4 is 11.9 Å². The van der Waals surface area contributed by atoms with Gasteiger partial charge < -0.3 is 9.47 Å². The molecule has 0 N–H and O–H groups in total. The molecule has 0 bridgehead atoms. The highest BCUT2D eigenvalue weighted by atomic mass is 19.4. The molecule has 0 aliphatic carbocycles. The number of alkyl halides is 5. The van der Waals surface area contributed by atoms with Gasteiger partial charge in [-0.05, 0) is 12.1 Å². The number of rotatable bonds is 3. The lowest BCUT2D eigenvalue weighted by molar-refractivity contribution is -0.276. The monoisotopic (exact) mass is 298 g/mol. The second-order valence-electron chi connectivity index (χ2n) is 3.45. The van der Waals surface area contributed by atoms with Gasteiger partial charge in [0.2, 0.25) is 0 Å². The summed E-state index contributed by atoms with van der Waals surface area (Å²) >= 11 is 0. The van der Waals surface area contributed by atoms with Gasteiger partial charge in [-0.2, -0.15) is 22.0 Å². The van der Waals surface area contributed by atoms with Crippen LogP contribution >= 0.6 is 0 Å². The molecule has 0 atom stereocenters. The number of benzene rings is 1. The van der Waals surface area contributed by atoms with Crippen LogP contribution in [0.1, 0.15) is 10.4 Å². The summed E-state index contributed by atoms with van der Waals surface area (Å²) in [6.45, 7) is 0. The zero-order valence-corrected chi connectivity index (χ0v) is 9.83. The highest BCUT2D eigenvalue weighted by molar-refractivity contribution is 5.94. The Morgan fingerprint density at radius 3 is 2.10 bits per heavy atom. The van der Waals surface area contributed by atoms with Gasteiger partial charge in [-0.3, -0.25) is 0 Å². The number of ether oxygens (including phenoxy) is 2. The smallest absolute Gasteiger partial charge is 0.465 e. The molecule has 1 aromatic carbocycles. The molecule has 0 aliphatic rings. The zero-order valence-electron chi connectivity index (χ0n) is 9.83. The van der Waals surface area contributed by atoms with Gasteiger partial charge in [0.15, 0.2) is 0 Å². The first-order chi connectivity index (χ1) is 9.11. The van der Waals surface area contributed by atoms with E-state index in [0.717, 1.165) is 19.2 Å².